The molecule has 2 bridgehead atoms. The van der Waals surface area contributed by atoms with Crippen LogP contribution in [0.3, 0.4) is 0 Å². The molecule has 3 saturated heterocycles. The minimum atomic E-state index is -4.03. The lowest BCUT2D eigenvalue weighted by molar-refractivity contribution is -0.149. The number of nitrogens with zero attached hydrogens (tertiary/aromatic N) is 4. The summed E-state index contributed by atoms with van der Waals surface area (Å²) in [5.74, 6) is 0.824. The maximum Gasteiger partial charge on any atom is 0.304 e. The number of likely N-dealkylation sites (tertiary alicyclic amines) is 1. The smallest absolute Gasteiger partial charge is 0.304 e. The molecule has 0 spiro atoms. The quantitative estimate of drug-likeness (QED) is 0.388. The zero-order chi connectivity index (χ0) is 35.1. The number of ether oxygens (including phenoxy) is 2. The lowest BCUT2D eigenvalue weighted by Gasteiger charge is -2.50. The summed E-state index contributed by atoms with van der Waals surface area (Å²) < 4.78 is 43.5. The van der Waals surface area contributed by atoms with E-state index in [0.717, 1.165) is 79.5 Å². The second kappa shape index (κ2) is 12.6. The molecular weight excluding hydrogens is 667 g/mol. The first-order valence-corrected chi connectivity index (χ1v) is 20.4. The highest BCUT2D eigenvalue weighted by atomic mass is 32.2. The van der Waals surface area contributed by atoms with Crippen molar-refractivity contribution < 1.29 is 27.5 Å². The van der Waals surface area contributed by atoms with Crippen molar-refractivity contribution in [3.63, 3.8) is 0 Å². The van der Waals surface area contributed by atoms with Gasteiger partial charge < -0.3 is 23.8 Å². The summed E-state index contributed by atoms with van der Waals surface area (Å²) in [7, 11) is -0.160. The number of carbonyl (C=O) groups is 2. The van der Waals surface area contributed by atoms with Gasteiger partial charge >= 0.3 is 10.2 Å². The number of aromatic nitrogens is 1. The third-order valence-electron chi connectivity index (χ3n) is 12.9. The maximum atomic E-state index is 15.2. The molecule has 1 aromatic heterocycles. The summed E-state index contributed by atoms with van der Waals surface area (Å²) in [5.41, 5.74) is 5.33. The predicted molar refractivity (Wildman–Crippen MR) is 194 cm³/mol. The lowest BCUT2D eigenvalue weighted by Crippen LogP contribution is -2.63. The van der Waals surface area contributed by atoms with Crippen LogP contribution >= 0.6 is 0 Å². The molecule has 5 heterocycles. The van der Waals surface area contributed by atoms with Crippen LogP contribution in [0, 0.1) is 5.41 Å². The number of hydrogen-bond donors (Lipinski definition) is 1. The van der Waals surface area contributed by atoms with Gasteiger partial charge in [-0.1, -0.05) is 25.3 Å². The topological polar surface area (TPSA) is 113 Å². The number of rotatable bonds is 6. The molecule has 6 aliphatic rings. The van der Waals surface area contributed by atoms with Gasteiger partial charge in [-0.25, -0.2) is 4.72 Å². The van der Waals surface area contributed by atoms with Crippen molar-refractivity contribution in [1.82, 2.24) is 23.4 Å². The van der Waals surface area contributed by atoms with E-state index in [-0.39, 0.29) is 42.6 Å². The molecular formula is C39H49N5O6S. The predicted octanol–water partition coefficient (Wildman–Crippen LogP) is 4.85. The van der Waals surface area contributed by atoms with Gasteiger partial charge in [-0.15, -0.1) is 0 Å². The standard InChI is InChI=1S/C39H49N5O6S/c1-41-22-27-9-6-10-28(23-41)44(27)38(46)39-21-33(39)32-20-29(49-2)12-14-30(32)36-35(25-7-4-3-5-8-25)31-13-11-26(19-34(31)43(36)24-39)37(45)40-51(47,48)42-15-17-50-18-16-42/h11-14,19-20,25,27-28,33H,3-10,15-18,21-24H2,1-2H3,(H,40,45). The van der Waals surface area contributed by atoms with Gasteiger partial charge in [0.2, 0.25) is 5.91 Å². The maximum absolute atomic E-state index is 15.2. The number of fused-ring (bicyclic) bond motifs is 9. The Morgan fingerprint density at radius 1 is 0.941 bits per heavy atom. The van der Waals surface area contributed by atoms with E-state index >= 15 is 4.79 Å². The Bertz CT molecular complexity index is 1990. The molecule has 4 atom stereocenters. The zero-order valence-corrected chi connectivity index (χ0v) is 30.6. The summed E-state index contributed by atoms with van der Waals surface area (Å²) in [4.78, 5) is 33.6. The normalized spacial score (nSPS) is 28.4. The van der Waals surface area contributed by atoms with Crippen LogP contribution in [0.5, 0.6) is 5.75 Å². The van der Waals surface area contributed by atoms with Crippen LogP contribution in [-0.4, -0.2) is 105 Å². The lowest BCUT2D eigenvalue weighted by atomic mass is 9.81. The summed E-state index contributed by atoms with van der Waals surface area (Å²) in [6.45, 7) is 3.34. The number of methoxy groups -OCH3 is 1. The summed E-state index contributed by atoms with van der Waals surface area (Å²) in [6, 6.07) is 12.5. The van der Waals surface area contributed by atoms with Crippen LogP contribution in [0.15, 0.2) is 36.4 Å². The highest BCUT2D eigenvalue weighted by Crippen LogP contribution is 2.66. The first kappa shape index (κ1) is 33.4. The zero-order valence-electron chi connectivity index (χ0n) is 29.7. The van der Waals surface area contributed by atoms with Crippen LogP contribution in [0.4, 0.5) is 0 Å². The number of piperidine rings is 1. The first-order valence-electron chi connectivity index (χ1n) is 18.9. The molecule has 4 aliphatic heterocycles. The van der Waals surface area contributed by atoms with E-state index in [1.807, 2.05) is 18.2 Å². The van der Waals surface area contributed by atoms with Gasteiger partial charge in [-0.05, 0) is 92.9 Å². The van der Waals surface area contributed by atoms with Crippen LogP contribution in [0.1, 0.15) is 91.1 Å². The number of likely N-dealkylation sites (N-methyl/N-ethyl adjacent to an activating group) is 1. The van der Waals surface area contributed by atoms with Gasteiger partial charge in [0.1, 0.15) is 5.75 Å². The van der Waals surface area contributed by atoms with E-state index in [9.17, 15) is 13.2 Å². The monoisotopic (exact) mass is 715 g/mol. The fourth-order valence-electron chi connectivity index (χ4n) is 10.4. The largest absolute Gasteiger partial charge is 0.497 e. The van der Waals surface area contributed by atoms with Crippen molar-refractivity contribution in [3.05, 3.63) is 53.1 Å². The summed E-state index contributed by atoms with van der Waals surface area (Å²) in [6.07, 6.45) is 9.76. The molecule has 1 N–H and O–H groups in total. The van der Waals surface area contributed by atoms with Gasteiger partial charge in [0.15, 0.2) is 0 Å². The highest BCUT2D eigenvalue weighted by Gasteiger charge is 2.65. The van der Waals surface area contributed by atoms with Crippen LogP contribution in [0.25, 0.3) is 22.2 Å². The fourth-order valence-corrected chi connectivity index (χ4v) is 11.5. The third-order valence-corrected chi connectivity index (χ3v) is 14.4. The Balaban J connectivity index is 1.19. The number of morpholine rings is 1. The Kier molecular flexibility index (Phi) is 8.25. The molecule has 11 nitrogen and oxygen atoms in total. The molecule has 2 aromatic carbocycles. The van der Waals surface area contributed by atoms with E-state index in [1.165, 1.54) is 34.7 Å². The van der Waals surface area contributed by atoms with Crippen molar-refractivity contribution in [2.75, 3.05) is 53.6 Å². The van der Waals surface area contributed by atoms with E-state index in [1.54, 1.807) is 13.2 Å². The van der Waals surface area contributed by atoms with Crippen molar-refractivity contribution in [3.8, 4) is 17.0 Å². The number of nitrogens with one attached hydrogen (secondary N) is 1. The molecule has 2 aliphatic carbocycles. The molecule has 3 aromatic rings. The number of benzene rings is 2. The van der Waals surface area contributed by atoms with E-state index in [2.05, 4.69) is 38.3 Å². The second-order valence-electron chi connectivity index (χ2n) is 15.9. The number of carbonyl (C=O) groups excluding carboxylic acids is 2. The van der Waals surface area contributed by atoms with Gasteiger partial charge in [0.25, 0.3) is 5.91 Å². The molecule has 2 saturated carbocycles. The van der Waals surface area contributed by atoms with Gasteiger partial charge in [-0.3, -0.25) is 9.59 Å². The second-order valence-corrected chi connectivity index (χ2v) is 17.6. The summed E-state index contributed by atoms with van der Waals surface area (Å²) >= 11 is 0. The minimum Gasteiger partial charge on any atom is -0.497 e. The third kappa shape index (κ3) is 5.50. The van der Waals surface area contributed by atoms with Crippen LogP contribution in [0.2, 0.25) is 0 Å². The van der Waals surface area contributed by atoms with E-state index in [4.69, 9.17) is 9.47 Å². The molecule has 2 amide bonds. The number of amides is 2. The van der Waals surface area contributed by atoms with Gasteiger partial charge in [-0.2, -0.15) is 12.7 Å². The molecule has 12 heteroatoms. The first-order chi connectivity index (χ1) is 24.7. The van der Waals surface area contributed by atoms with Crippen molar-refractivity contribution in [2.45, 2.75) is 88.3 Å². The highest BCUT2D eigenvalue weighted by molar-refractivity contribution is 7.87. The summed E-state index contributed by atoms with van der Waals surface area (Å²) in [5, 5.41) is 1.09. The van der Waals surface area contributed by atoms with Crippen molar-refractivity contribution in [2.24, 2.45) is 5.41 Å². The average molecular weight is 716 g/mol. The Hall–Kier alpha value is -3.45. The number of piperazine rings is 1. The van der Waals surface area contributed by atoms with Crippen LogP contribution < -0.4 is 9.46 Å². The Morgan fingerprint density at radius 3 is 2.41 bits per heavy atom. The average Bonchev–Trinajstić information content (AvgIpc) is 3.81. The minimum absolute atomic E-state index is 0.0646. The molecule has 51 heavy (non-hydrogen) atoms. The van der Waals surface area contributed by atoms with Gasteiger partial charge in [0.05, 0.1) is 31.4 Å². The molecule has 9 rings (SSSR count). The molecule has 272 valence electrons. The molecule has 5 fully saturated rings. The van der Waals surface area contributed by atoms with Gasteiger partial charge in [0, 0.05) is 72.8 Å². The van der Waals surface area contributed by atoms with Crippen LogP contribution in [-0.2, 0) is 26.3 Å². The Morgan fingerprint density at radius 2 is 1.69 bits per heavy atom. The Labute approximate surface area is 300 Å². The molecule has 0 radical (unpaired) electrons. The number of hydrogen-bond acceptors (Lipinski definition) is 7. The molecule has 4 unspecified atom stereocenters. The van der Waals surface area contributed by atoms with Crippen molar-refractivity contribution >= 4 is 32.9 Å². The van der Waals surface area contributed by atoms with E-state index in [0.29, 0.717) is 25.7 Å². The SMILES string of the molecule is COc1ccc2c(c1)C1CC1(C(=O)N1C3CCCC1CN(C)C3)Cn1c-2c(C2CCCCC2)c2ccc(C(=O)NS(=O)(=O)N3CCOCC3)cc21. The van der Waals surface area contributed by atoms with Crippen molar-refractivity contribution in [1.29, 1.82) is 0 Å². The van der Waals surface area contributed by atoms with E-state index < -0.39 is 21.5 Å². The fraction of sp³-hybridized carbons (Fsp3) is 0.590.